The lowest BCUT2D eigenvalue weighted by molar-refractivity contribution is 0.583. The lowest BCUT2D eigenvalue weighted by Gasteiger charge is -2.24. The number of hydrogen-bond acceptors (Lipinski definition) is 2. The van der Waals surface area contributed by atoms with Crippen molar-refractivity contribution in [3.05, 3.63) is 63.6 Å². The average Bonchev–Trinajstić information content (AvgIpc) is 2.79. The first-order valence-electron chi connectivity index (χ1n) is 6.92. The van der Waals surface area contributed by atoms with Crippen molar-refractivity contribution in [2.75, 3.05) is 4.31 Å². The van der Waals surface area contributed by atoms with Gasteiger partial charge in [-0.05, 0) is 42.7 Å². The Morgan fingerprint density at radius 3 is 2.59 bits per heavy atom. The van der Waals surface area contributed by atoms with E-state index in [-0.39, 0.29) is 11.8 Å². The first kappa shape index (κ1) is 15.7. The van der Waals surface area contributed by atoms with E-state index >= 15 is 0 Å². The molecule has 0 aliphatic carbocycles. The number of anilines is 1. The van der Waals surface area contributed by atoms with Crippen molar-refractivity contribution in [2.45, 2.75) is 25.1 Å². The van der Waals surface area contributed by atoms with Crippen molar-refractivity contribution >= 4 is 38.9 Å². The number of nitrogens with zero attached hydrogens (tertiary/aromatic N) is 1. The van der Waals surface area contributed by atoms with Gasteiger partial charge in [0, 0.05) is 6.04 Å². The number of benzene rings is 2. The average molecular weight is 356 g/mol. The summed E-state index contributed by atoms with van der Waals surface area (Å²) in [6.07, 6.45) is 0.733. The quantitative estimate of drug-likeness (QED) is 0.823. The van der Waals surface area contributed by atoms with E-state index in [9.17, 15) is 8.42 Å². The fraction of sp³-hybridized carbons (Fsp3) is 0.250. The van der Waals surface area contributed by atoms with Crippen LogP contribution in [0.3, 0.4) is 0 Å². The molecule has 2 aromatic rings. The Hall–Kier alpha value is -1.23. The number of hydrogen-bond donors (Lipinski definition) is 0. The number of fused-ring (bicyclic) bond motifs is 1. The Balaban J connectivity index is 1.95. The molecule has 1 unspecified atom stereocenters. The first-order chi connectivity index (χ1) is 10.4. The molecule has 1 atom stereocenters. The van der Waals surface area contributed by atoms with Crippen molar-refractivity contribution in [2.24, 2.45) is 0 Å². The molecule has 3 nitrogen and oxygen atoms in total. The Morgan fingerprint density at radius 1 is 1.14 bits per heavy atom. The van der Waals surface area contributed by atoms with Gasteiger partial charge in [-0.25, -0.2) is 8.42 Å². The molecule has 1 aliphatic heterocycles. The minimum Gasteiger partial charge on any atom is -0.267 e. The summed E-state index contributed by atoms with van der Waals surface area (Å²) < 4.78 is 27.2. The SMILES string of the molecule is CC1Cc2ccccc2N1S(=O)(=O)Cc1ccc(Cl)c(Cl)c1. The number of halogens is 2. The van der Waals surface area contributed by atoms with E-state index in [1.807, 2.05) is 31.2 Å². The largest absolute Gasteiger partial charge is 0.267 e. The molecule has 0 amide bonds. The van der Waals surface area contributed by atoms with Gasteiger partial charge < -0.3 is 0 Å². The summed E-state index contributed by atoms with van der Waals surface area (Å²) in [5, 5.41) is 0.784. The predicted molar refractivity (Wildman–Crippen MR) is 91.2 cm³/mol. The smallest absolute Gasteiger partial charge is 0.239 e. The van der Waals surface area contributed by atoms with Crippen LogP contribution < -0.4 is 4.31 Å². The second-order valence-electron chi connectivity index (χ2n) is 5.48. The summed E-state index contributed by atoms with van der Waals surface area (Å²) in [5.74, 6) is -0.0947. The standard InChI is InChI=1S/C16H15Cl2NO2S/c1-11-8-13-4-2-3-5-16(13)19(11)22(20,21)10-12-6-7-14(17)15(18)9-12/h2-7,9,11H,8,10H2,1H3. The third kappa shape index (κ3) is 2.83. The zero-order valence-electron chi connectivity index (χ0n) is 12.0. The molecular formula is C16H15Cl2NO2S. The molecule has 0 fully saturated rings. The zero-order valence-corrected chi connectivity index (χ0v) is 14.3. The highest BCUT2D eigenvalue weighted by Crippen LogP contribution is 2.35. The molecule has 22 heavy (non-hydrogen) atoms. The highest BCUT2D eigenvalue weighted by atomic mass is 35.5. The molecule has 1 aliphatic rings. The van der Waals surface area contributed by atoms with Crippen molar-refractivity contribution in [1.82, 2.24) is 0 Å². The highest BCUT2D eigenvalue weighted by molar-refractivity contribution is 7.92. The Bertz CT molecular complexity index is 821. The number of rotatable bonds is 3. The summed E-state index contributed by atoms with van der Waals surface area (Å²) >= 11 is 11.8. The maximum Gasteiger partial charge on any atom is 0.239 e. The molecule has 3 rings (SSSR count). The van der Waals surface area contributed by atoms with E-state index in [4.69, 9.17) is 23.2 Å². The number of para-hydroxylation sites is 1. The molecule has 1 heterocycles. The van der Waals surface area contributed by atoms with Gasteiger partial charge in [0.2, 0.25) is 10.0 Å². The van der Waals surface area contributed by atoms with Crippen molar-refractivity contribution in [3.63, 3.8) is 0 Å². The summed E-state index contributed by atoms with van der Waals surface area (Å²) in [6.45, 7) is 1.92. The third-order valence-corrected chi connectivity index (χ3v) is 6.37. The topological polar surface area (TPSA) is 37.4 Å². The molecular weight excluding hydrogens is 341 g/mol. The second kappa shape index (κ2) is 5.76. The molecule has 0 spiro atoms. The van der Waals surface area contributed by atoms with Crippen LogP contribution >= 0.6 is 23.2 Å². The molecule has 0 aromatic heterocycles. The van der Waals surface area contributed by atoms with Gasteiger partial charge in [0.15, 0.2) is 0 Å². The van der Waals surface area contributed by atoms with Crippen molar-refractivity contribution < 1.29 is 8.42 Å². The maximum absolute atomic E-state index is 12.8. The first-order valence-corrected chi connectivity index (χ1v) is 9.29. The molecule has 0 bridgehead atoms. The van der Waals surface area contributed by atoms with E-state index in [1.165, 1.54) is 4.31 Å². The van der Waals surface area contributed by atoms with E-state index in [0.29, 0.717) is 15.6 Å². The fourth-order valence-electron chi connectivity index (χ4n) is 2.87. The highest BCUT2D eigenvalue weighted by Gasteiger charge is 2.34. The molecule has 116 valence electrons. The van der Waals surface area contributed by atoms with Gasteiger partial charge in [0.05, 0.1) is 21.5 Å². The fourth-order valence-corrected chi connectivity index (χ4v) is 5.03. The van der Waals surface area contributed by atoms with Crippen molar-refractivity contribution in [1.29, 1.82) is 0 Å². The Morgan fingerprint density at radius 2 is 1.86 bits per heavy atom. The molecule has 0 saturated carbocycles. The minimum atomic E-state index is -3.47. The van der Waals surface area contributed by atoms with Gasteiger partial charge in [0.25, 0.3) is 0 Å². The lowest BCUT2D eigenvalue weighted by Crippen LogP contribution is -2.36. The van der Waals surface area contributed by atoms with Crippen LogP contribution in [0.5, 0.6) is 0 Å². The summed E-state index contributed by atoms with van der Waals surface area (Å²) in [7, 11) is -3.47. The van der Waals surface area contributed by atoms with Crippen LogP contribution in [0.4, 0.5) is 5.69 Å². The van der Waals surface area contributed by atoms with Gasteiger partial charge in [-0.1, -0.05) is 47.5 Å². The second-order valence-corrected chi connectivity index (χ2v) is 8.14. The molecule has 0 radical (unpaired) electrons. The van der Waals surface area contributed by atoms with Crippen LogP contribution in [0.1, 0.15) is 18.1 Å². The maximum atomic E-state index is 12.8. The number of sulfonamides is 1. The van der Waals surface area contributed by atoms with Crippen LogP contribution in [0.25, 0.3) is 0 Å². The normalized spacial score (nSPS) is 17.6. The molecule has 2 aromatic carbocycles. The van der Waals surface area contributed by atoms with Crippen molar-refractivity contribution in [3.8, 4) is 0 Å². The monoisotopic (exact) mass is 355 g/mol. The van der Waals surface area contributed by atoms with E-state index < -0.39 is 10.0 Å². The Kier molecular flexibility index (Phi) is 4.10. The van der Waals surface area contributed by atoms with Crippen LogP contribution in [0, 0.1) is 0 Å². The summed E-state index contributed by atoms with van der Waals surface area (Å²) in [6, 6.07) is 12.5. The predicted octanol–water partition coefficient (Wildman–Crippen LogP) is 4.27. The summed E-state index contributed by atoms with van der Waals surface area (Å²) in [4.78, 5) is 0. The molecule has 6 heteroatoms. The van der Waals surface area contributed by atoms with Gasteiger partial charge >= 0.3 is 0 Å². The Labute approximate surface area is 140 Å². The van der Waals surface area contributed by atoms with Gasteiger partial charge in [-0.3, -0.25) is 4.31 Å². The zero-order chi connectivity index (χ0) is 15.9. The van der Waals surface area contributed by atoms with E-state index in [2.05, 4.69) is 0 Å². The van der Waals surface area contributed by atoms with Gasteiger partial charge in [-0.15, -0.1) is 0 Å². The van der Waals surface area contributed by atoms with Crippen LogP contribution in [0.15, 0.2) is 42.5 Å². The minimum absolute atomic E-state index is 0.0785. The van der Waals surface area contributed by atoms with E-state index in [1.54, 1.807) is 18.2 Å². The van der Waals surface area contributed by atoms with Crippen LogP contribution in [-0.4, -0.2) is 14.5 Å². The lowest BCUT2D eigenvalue weighted by atomic mass is 10.1. The van der Waals surface area contributed by atoms with Crippen LogP contribution in [-0.2, 0) is 22.2 Å². The van der Waals surface area contributed by atoms with E-state index in [0.717, 1.165) is 17.7 Å². The third-order valence-electron chi connectivity index (χ3n) is 3.78. The molecule has 0 N–H and O–H groups in total. The van der Waals surface area contributed by atoms with Crippen LogP contribution in [0.2, 0.25) is 10.0 Å². The molecule has 0 saturated heterocycles. The van der Waals surface area contributed by atoms with Gasteiger partial charge in [0.1, 0.15) is 0 Å². The van der Waals surface area contributed by atoms with Gasteiger partial charge in [-0.2, -0.15) is 0 Å². The summed E-state index contributed by atoms with van der Waals surface area (Å²) in [5.41, 5.74) is 2.47.